The maximum atomic E-state index is 13.2. The normalized spacial score (nSPS) is 15.9. The van der Waals surface area contributed by atoms with Gasteiger partial charge in [0.2, 0.25) is 0 Å². The molecule has 0 bridgehead atoms. The van der Waals surface area contributed by atoms with Crippen molar-refractivity contribution in [2.24, 2.45) is 0 Å². The molecule has 1 aliphatic carbocycles. The van der Waals surface area contributed by atoms with Crippen LogP contribution < -0.4 is 5.32 Å². The van der Waals surface area contributed by atoms with Gasteiger partial charge in [0.1, 0.15) is 11.6 Å². The molecule has 1 fully saturated rings. The van der Waals surface area contributed by atoms with E-state index < -0.39 is 11.6 Å². The van der Waals surface area contributed by atoms with E-state index >= 15 is 0 Å². The van der Waals surface area contributed by atoms with Crippen LogP contribution in [0.3, 0.4) is 0 Å². The number of rotatable bonds is 5. The molecule has 1 saturated carbocycles. The lowest BCUT2D eigenvalue weighted by Gasteiger charge is -1.99. The van der Waals surface area contributed by atoms with Crippen LogP contribution in [0.2, 0.25) is 0 Å². The fourth-order valence-corrected chi connectivity index (χ4v) is 1.53. The fraction of sp³-hybridized carbons (Fsp3) is 0.385. The lowest BCUT2D eigenvalue weighted by Crippen LogP contribution is -2.16. The van der Waals surface area contributed by atoms with Gasteiger partial charge in [0.15, 0.2) is 0 Å². The molecule has 2 rings (SSSR count). The first-order valence-electron chi connectivity index (χ1n) is 5.61. The molecule has 0 unspecified atom stereocenters. The number of hydrogen-bond acceptors (Lipinski definition) is 1. The highest BCUT2D eigenvalue weighted by Crippen LogP contribution is 2.18. The van der Waals surface area contributed by atoms with Gasteiger partial charge in [-0.15, -0.1) is 0 Å². The number of nitrogens with one attached hydrogen (secondary N) is 1. The van der Waals surface area contributed by atoms with Crippen molar-refractivity contribution in [3.05, 3.63) is 41.5 Å². The van der Waals surface area contributed by atoms with Gasteiger partial charge >= 0.3 is 0 Å². The molecule has 0 spiro atoms. The summed E-state index contributed by atoms with van der Waals surface area (Å²) in [4.78, 5) is 0. The van der Waals surface area contributed by atoms with Crippen LogP contribution in [-0.4, -0.2) is 12.6 Å². The summed E-state index contributed by atoms with van der Waals surface area (Å²) in [7, 11) is 0. The smallest absolute Gasteiger partial charge is 0.133 e. The Balaban J connectivity index is 1.84. The summed E-state index contributed by atoms with van der Waals surface area (Å²) in [6.07, 6.45) is 6.62. The summed E-state index contributed by atoms with van der Waals surface area (Å²) in [6, 6.07) is 4.59. The van der Waals surface area contributed by atoms with E-state index in [2.05, 4.69) is 5.32 Å². The van der Waals surface area contributed by atoms with Crippen molar-refractivity contribution in [3.8, 4) is 0 Å². The quantitative estimate of drug-likeness (QED) is 0.756. The molecule has 1 aliphatic rings. The Labute approximate surface area is 94.2 Å². The highest BCUT2D eigenvalue weighted by atomic mass is 19.1. The van der Waals surface area contributed by atoms with Crippen LogP contribution in [0.25, 0.3) is 6.08 Å². The number of halogens is 2. The topological polar surface area (TPSA) is 12.0 Å². The lowest BCUT2D eigenvalue weighted by molar-refractivity contribution is 0.578. The van der Waals surface area contributed by atoms with Crippen LogP contribution in [0.1, 0.15) is 24.8 Å². The lowest BCUT2D eigenvalue weighted by atomic mass is 10.1. The van der Waals surface area contributed by atoms with E-state index in [0.717, 1.165) is 13.0 Å². The van der Waals surface area contributed by atoms with Crippen molar-refractivity contribution in [1.29, 1.82) is 0 Å². The van der Waals surface area contributed by atoms with Gasteiger partial charge in [-0.2, -0.15) is 0 Å². The van der Waals surface area contributed by atoms with Gasteiger partial charge < -0.3 is 5.32 Å². The second-order valence-electron chi connectivity index (χ2n) is 4.05. The summed E-state index contributed by atoms with van der Waals surface area (Å²) in [5.41, 5.74) is 0.0499. The molecule has 16 heavy (non-hydrogen) atoms. The summed E-state index contributed by atoms with van der Waals surface area (Å²) < 4.78 is 26.4. The van der Waals surface area contributed by atoms with E-state index in [-0.39, 0.29) is 5.56 Å². The van der Waals surface area contributed by atoms with Crippen LogP contribution >= 0.6 is 0 Å². The second-order valence-corrected chi connectivity index (χ2v) is 4.05. The van der Waals surface area contributed by atoms with Crippen molar-refractivity contribution < 1.29 is 8.78 Å². The molecule has 0 radical (unpaired) electrons. The molecule has 0 atom stereocenters. The van der Waals surface area contributed by atoms with E-state index in [9.17, 15) is 8.78 Å². The molecule has 1 N–H and O–H groups in total. The van der Waals surface area contributed by atoms with E-state index in [1.165, 1.54) is 37.1 Å². The average molecular weight is 223 g/mol. The Morgan fingerprint density at radius 2 is 1.94 bits per heavy atom. The molecule has 0 aromatic heterocycles. The van der Waals surface area contributed by atoms with Gasteiger partial charge in [0.25, 0.3) is 0 Å². The minimum atomic E-state index is -0.508. The standard InChI is InChI=1S/C13H15F2N/c14-12-5-3-6-13(15)11(12)4-1-2-9-16-10-7-8-10/h1,3-6,10,16H,2,7-9H2. The van der Waals surface area contributed by atoms with E-state index in [0.29, 0.717) is 6.04 Å². The summed E-state index contributed by atoms with van der Waals surface area (Å²) in [6.45, 7) is 0.872. The Morgan fingerprint density at radius 3 is 2.56 bits per heavy atom. The zero-order valence-electron chi connectivity index (χ0n) is 9.05. The van der Waals surface area contributed by atoms with Crippen LogP contribution in [0, 0.1) is 11.6 Å². The third-order valence-corrected chi connectivity index (χ3v) is 2.61. The van der Waals surface area contributed by atoms with Crippen molar-refractivity contribution >= 4 is 6.08 Å². The molecule has 1 aromatic carbocycles. The molecule has 0 saturated heterocycles. The molecule has 0 amide bonds. The van der Waals surface area contributed by atoms with E-state index in [1.54, 1.807) is 6.08 Å². The van der Waals surface area contributed by atoms with Gasteiger partial charge in [-0.3, -0.25) is 0 Å². The number of hydrogen-bond donors (Lipinski definition) is 1. The Morgan fingerprint density at radius 1 is 1.25 bits per heavy atom. The zero-order chi connectivity index (χ0) is 11.4. The van der Waals surface area contributed by atoms with Crippen LogP contribution in [-0.2, 0) is 0 Å². The van der Waals surface area contributed by atoms with Gasteiger partial charge in [0, 0.05) is 11.6 Å². The predicted octanol–water partition coefficient (Wildman–Crippen LogP) is 3.12. The fourth-order valence-electron chi connectivity index (χ4n) is 1.53. The molecule has 1 nitrogen and oxygen atoms in total. The Bertz CT molecular complexity index is 363. The third-order valence-electron chi connectivity index (χ3n) is 2.61. The molecular weight excluding hydrogens is 208 g/mol. The first-order chi connectivity index (χ1) is 7.77. The van der Waals surface area contributed by atoms with Crippen LogP contribution in [0.4, 0.5) is 8.78 Å². The average Bonchev–Trinajstić information content (AvgIpc) is 3.05. The molecule has 86 valence electrons. The minimum Gasteiger partial charge on any atom is -0.314 e. The maximum absolute atomic E-state index is 13.2. The first-order valence-corrected chi connectivity index (χ1v) is 5.61. The SMILES string of the molecule is Fc1cccc(F)c1C=CCCNC1CC1. The Kier molecular flexibility index (Phi) is 3.67. The molecule has 3 heteroatoms. The van der Waals surface area contributed by atoms with Gasteiger partial charge in [-0.05, 0) is 37.9 Å². The second kappa shape index (κ2) is 5.21. The summed E-state index contributed by atoms with van der Waals surface area (Å²) in [5, 5.41) is 3.33. The van der Waals surface area contributed by atoms with Crippen molar-refractivity contribution in [2.45, 2.75) is 25.3 Å². The van der Waals surface area contributed by atoms with E-state index in [4.69, 9.17) is 0 Å². The molecular formula is C13H15F2N. The van der Waals surface area contributed by atoms with Gasteiger partial charge in [0.05, 0.1) is 0 Å². The van der Waals surface area contributed by atoms with Crippen LogP contribution in [0.5, 0.6) is 0 Å². The van der Waals surface area contributed by atoms with Crippen molar-refractivity contribution in [1.82, 2.24) is 5.32 Å². The molecule has 1 aromatic rings. The minimum absolute atomic E-state index is 0.0499. The monoisotopic (exact) mass is 223 g/mol. The summed E-state index contributed by atoms with van der Waals surface area (Å²) >= 11 is 0. The zero-order valence-corrected chi connectivity index (χ0v) is 9.05. The highest BCUT2D eigenvalue weighted by molar-refractivity contribution is 5.50. The highest BCUT2D eigenvalue weighted by Gasteiger charge is 2.19. The maximum Gasteiger partial charge on any atom is 0.133 e. The van der Waals surface area contributed by atoms with Crippen molar-refractivity contribution in [3.63, 3.8) is 0 Å². The predicted molar refractivity (Wildman–Crippen MR) is 61.0 cm³/mol. The summed E-state index contributed by atoms with van der Waals surface area (Å²) in [5.74, 6) is -1.02. The molecule has 0 aliphatic heterocycles. The van der Waals surface area contributed by atoms with Crippen LogP contribution in [0.15, 0.2) is 24.3 Å². The largest absolute Gasteiger partial charge is 0.314 e. The Hall–Kier alpha value is -1.22. The van der Waals surface area contributed by atoms with Gasteiger partial charge in [-0.25, -0.2) is 8.78 Å². The first kappa shape index (κ1) is 11.3. The van der Waals surface area contributed by atoms with Crippen molar-refractivity contribution in [2.75, 3.05) is 6.54 Å². The van der Waals surface area contributed by atoms with E-state index in [1.807, 2.05) is 0 Å². The number of benzene rings is 1. The third kappa shape index (κ3) is 3.14. The molecule has 0 heterocycles. The van der Waals surface area contributed by atoms with Gasteiger partial charge in [-0.1, -0.05) is 18.2 Å².